The third-order valence-electron chi connectivity index (χ3n) is 4.08. The van der Waals surface area contributed by atoms with Crippen LogP contribution in [-0.4, -0.2) is 26.6 Å². The van der Waals surface area contributed by atoms with E-state index in [-0.39, 0.29) is 27.3 Å². The van der Waals surface area contributed by atoms with E-state index >= 15 is 0 Å². The fraction of sp³-hybridized carbons (Fsp3) is 0.278. The van der Waals surface area contributed by atoms with E-state index in [2.05, 4.69) is 5.10 Å². The first kappa shape index (κ1) is 22.2. The van der Waals surface area contributed by atoms with Gasteiger partial charge < -0.3 is 4.57 Å². The number of aromatic nitrogens is 3. The maximum atomic E-state index is 12.9. The second-order valence-electron chi connectivity index (χ2n) is 6.40. The van der Waals surface area contributed by atoms with Crippen molar-refractivity contribution in [3.05, 3.63) is 61.4 Å². The molecule has 5 nitrogen and oxygen atoms in total. The predicted molar refractivity (Wildman–Crippen MR) is 101 cm³/mol. The summed E-state index contributed by atoms with van der Waals surface area (Å²) in [6, 6.07) is 2.27. The summed E-state index contributed by atoms with van der Waals surface area (Å²) < 4.78 is 66.7. The number of rotatable bonds is 6. The highest BCUT2D eigenvalue weighted by Gasteiger charge is 2.36. The molecule has 0 unspecified atom stereocenters. The van der Waals surface area contributed by atoms with E-state index in [9.17, 15) is 31.5 Å². The molecule has 0 saturated carbocycles. The third-order valence-corrected chi connectivity index (χ3v) is 5.71. The molecule has 0 fully saturated rings. The molecule has 12 heteroatoms. The molecular formula is C18H13ClF5N3O2S. The van der Waals surface area contributed by atoms with E-state index in [1.165, 1.54) is 23.1 Å². The van der Waals surface area contributed by atoms with Crippen LogP contribution in [0.4, 0.5) is 22.0 Å². The van der Waals surface area contributed by atoms with E-state index < -0.39 is 46.8 Å². The Balaban J connectivity index is 1.99. The quantitative estimate of drug-likeness (QED) is 0.392. The molecule has 0 atom stereocenters. The number of halogens is 6. The molecule has 3 heterocycles. The number of nitrogens with zero attached hydrogens (tertiary/aromatic N) is 3. The second kappa shape index (κ2) is 8.31. The molecular weight excluding hydrogens is 453 g/mol. The van der Waals surface area contributed by atoms with Crippen molar-refractivity contribution in [2.45, 2.75) is 25.6 Å². The highest BCUT2D eigenvalue weighted by Crippen LogP contribution is 2.40. The van der Waals surface area contributed by atoms with Gasteiger partial charge in [-0.05, 0) is 17.7 Å². The molecule has 160 valence electrons. The monoisotopic (exact) mass is 465 g/mol. The standard InChI is InChI=1S/C18H13ClF5N3O2S/c1-26-7-10(5-25-26)11-2-9(6-27(17(11)29)8-15(20)21)3-13(28)14-4-12(19)16(30-14)18(22,23)24/h2,4-7,15H,3,8H2,1H3. The SMILES string of the molecule is Cn1cc(-c2cc(CC(=O)c3cc(Cl)c(C(F)(F)F)s3)cn(CC(F)F)c2=O)cn1. The molecule has 0 spiro atoms. The van der Waals surface area contributed by atoms with Crippen LogP contribution in [0.1, 0.15) is 20.1 Å². The number of ketones is 1. The molecule has 0 N–H and O–H groups in total. The van der Waals surface area contributed by atoms with Gasteiger partial charge in [0.2, 0.25) is 0 Å². The van der Waals surface area contributed by atoms with Crippen molar-refractivity contribution in [1.82, 2.24) is 14.3 Å². The highest BCUT2D eigenvalue weighted by molar-refractivity contribution is 7.14. The number of thiophene rings is 1. The molecule has 3 aromatic heterocycles. The van der Waals surface area contributed by atoms with Crippen LogP contribution >= 0.6 is 22.9 Å². The van der Waals surface area contributed by atoms with E-state index in [4.69, 9.17) is 11.6 Å². The van der Waals surface area contributed by atoms with E-state index in [1.54, 1.807) is 7.05 Å². The van der Waals surface area contributed by atoms with Crippen molar-refractivity contribution < 1.29 is 26.7 Å². The number of hydrogen-bond acceptors (Lipinski definition) is 4. The van der Waals surface area contributed by atoms with E-state index in [0.29, 0.717) is 5.56 Å². The van der Waals surface area contributed by atoms with Crippen molar-refractivity contribution in [1.29, 1.82) is 0 Å². The number of hydrogen-bond donors (Lipinski definition) is 0. The Morgan fingerprint density at radius 1 is 1.27 bits per heavy atom. The zero-order valence-electron chi connectivity index (χ0n) is 15.2. The largest absolute Gasteiger partial charge is 0.427 e. The van der Waals surface area contributed by atoms with Crippen LogP contribution in [0.5, 0.6) is 0 Å². The molecule has 0 aliphatic carbocycles. The maximum absolute atomic E-state index is 12.9. The summed E-state index contributed by atoms with van der Waals surface area (Å²) >= 11 is 5.80. The van der Waals surface area contributed by atoms with Crippen molar-refractivity contribution in [2.75, 3.05) is 0 Å². The number of alkyl halides is 5. The van der Waals surface area contributed by atoms with Crippen LogP contribution in [-0.2, 0) is 26.2 Å². The smallest absolute Gasteiger partial charge is 0.309 e. The first-order valence-electron chi connectivity index (χ1n) is 8.36. The molecule has 0 saturated heterocycles. The summed E-state index contributed by atoms with van der Waals surface area (Å²) in [6.45, 7) is -0.892. The lowest BCUT2D eigenvalue weighted by Gasteiger charge is -2.10. The van der Waals surface area contributed by atoms with Crippen LogP contribution in [0.3, 0.4) is 0 Å². The van der Waals surface area contributed by atoms with Gasteiger partial charge in [0.1, 0.15) is 4.88 Å². The molecule has 0 radical (unpaired) electrons. The van der Waals surface area contributed by atoms with Gasteiger partial charge in [-0.25, -0.2) is 8.78 Å². The minimum Gasteiger partial charge on any atom is -0.309 e. The zero-order valence-corrected chi connectivity index (χ0v) is 16.8. The Labute approximate surface area is 175 Å². The van der Waals surface area contributed by atoms with Crippen LogP contribution in [0, 0.1) is 0 Å². The van der Waals surface area contributed by atoms with Gasteiger partial charge in [0, 0.05) is 31.4 Å². The fourth-order valence-corrected chi connectivity index (χ4v) is 4.07. The first-order chi connectivity index (χ1) is 14.0. The van der Waals surface area contributed by atoms with Gasteiger partial charge in [0.15, 0.2) is 5.78 Å². The van der Waals surface area contributed by atoms with Gasteiger partial charge in [-0.15, -0.1) is 11.3 Å². The summed E-state index contributed by atoms with van der Waals surface area (Å²) in [6.07, 6.45) is -3.94. The molecule has 0 aromatic carbocycles. The molecule has 3 rings (SSSR count). The Kier molecular flexibility index (Phi) is 6.14. The average molecular weight is 466 g/mol. The normalized spacial score (nSPS) is 12.0. The van der Waals surface area contributed by atoms with Gasteiger partial charge in [0.05, 0.1) is 28.2 Å². The zero-order chi connectivity index (χ0) is 22.2. The summed E-state index contributed by atoms with van der Waals surface area (Å²) in [4.78, 5) is 23.7. The summed E-state index contributed by atoms with van der Waals surface area (Å²) in [5.41, 5.74) is -0.0946. The Morgan fingerprint density at radius 2 is 1.97 bits per heavy atom. The minimum absolute atomic E-state index is 0.0502. The third kappa shape index (κ3) is 4.78. The molecule has 30 heavy (non-hydrogen) atoms. The number of Topliss-reactive ketones (excluding diaryl/α,β-unsaturated/α-hetero) is 1. The fourth-order valence-electron chi connectivity index (χ4n) is 2.82. The second-order valence-corrected chi connectivity index (χ2v) is 7.86. The maximum Gasteiger partial charge on any atom is 0.427 e. The van der Waals surface area contributed by atoms with E-state index in [1.807, 2.05) is 0 Å². The Bertz CT molecular complexity index is 1150. The van der Waals surface area contributed by atoms with Crippen molar-refractivity contribution in [2.24, 2.45) is 7.05 Å². The molecule has 0 amide bonds. The summed E-state index contributed by atoms with van der Waals surface area (Å²) in [5, 5.41) is 3.34. The summed E-state index contributed by atoms with van der Waals surface area (Å²) in [5.74, 6) is -0.684. The summed E-state index contributed by atoms with van der Waals surface area (Å²) in [7, 11) is 1.60. The lowest BCUT2D eigenvalue weighted by Crippen LogP contribution is -2.25. The van der Waals surface area contributed by atoms with Gasteiger partial charge in [-0.3, -0.25) is 14.3 Å². The van der Waals surface area contributed by atoms with Crippen LogP contribution in [0.15, 0.2) is 35.5 Å². The Morgan fingerprint density at radius 3 is 2.50 bits per heavy atom. The number of pyridine rings is 1. The topological polar surface area (TPSA) is 56.9 Å². The van der Waals surface area contributed by atoms with Gasteiger partial charge in [0.25, 0.3) is 12.0 Å². The van der Waals surface area contributed by atoms with Gasteiger partial charge in [-0.1, -0.05) is 11.6 Å². The van der Waals surface area contributed by atoms with E-state index in [0.717, 1.165) is 16.8 Å². The van der Waals surface area contributed by atoms with Crippen molar-refractivity contribution >= 4 is 28.7 Å². The molecule has 0 aliphatic heterocycles. The number of carbonyl (C=O) groups excluding carboxylic acids is 1. The Hall–Kier alpha value is -2.53. The first-order valence-corrected chi connectivity index (χ1v) is 9.55. The predicted octanol–water partition coefficient (Wildman–Crippen LogP) is 4.67. The number of aryl methyl sites for hydroxylation is 1. The minimum atomic E-state index is -4.70. The number of carbonyl (C=O) groups is 1. The molecule has 0 aliphatic rings. The highest BCUT2D eigenvalue weighted by atomic mass is 35.5. The lowest BCUT2D eigenvalue weighted by molar-refractivity contribution is -0.134. The van der Waals surface area contributed by atoms with Crippen molar-refractivity contribution in [3.63, 3.8) is 0 Å². The van der Waals surface area contributed by atoms with Crippen LogP contribution in [0.25, 0.3) is 11.1 Å². The molecule has 3 aromatic rings. The van der Waals surface area contributed by atoms with Crippen LogP contribution in [0.2, 0.25) is 5.02 Å². The van der Waals surface area contributed by atoms with Gasteiger partial charge >= 0.3 is 6.18 Å². The van der Waals surface area contributed by atoms with Gasteiger partial charge in [-0.2, -0.15) is 18.3 Å². The lowest BCUT2D eigenvalue weighted by atomic mass is 10.0. The van der Waals surface area contributed by atoms with Crippen LogP contribution < -0.4 is 5.56 Å². The molecule has 0 bridgehead atoms. The van der Waals surface area contributed by atoms with Crippen molar-refractivity contribution in [3.8, 4) is 11.1 Å². The average Bonchev–Trinajstić information content (AvgIpc) is 3.22.